The summed E-state index contributed by atoms with van der Waals surface area (Å²) < 4.78 is 1.12. The van der Waals surface area contributed by atoms with E-state index < -0.39 is 5.69 Å². The quantitative estimate of drug-likeness (QED) is 0.815. The van der Waals surface area contributed by atoms with Crippen molar-refractivity contribution in [3.05, 3.63) is 45.1 Å². The van der Waals surface area contributed by atoms with Crippen LogP contribution in [0.3, 0.4) is 0 Å². The van der Waals surface area contributed by atoms with Gasteiger partial charge in [0, 0.05) is 45.1 Å². The lowest BCUT2D eigenvalue weighted by molar-refractivity contribution is -0.148. The first-order valence-corrected chi connectivity index (χ1v) is 10.8. The number of amides is 2. The summed E-state index contributed by atoms with van der Waals surface area (Å²) in [5, 5.41) is 0.444. The van der Waals surface area contributed by atoms with Gasteiger partial charge in [-0.3, -0.25) is 19.0 Å². The number of aromatic amines is 1. The molecule has 0 saturated carbocycles. The van der Waals surface area contributed by atoms with E-state index in [9.17, 15) is 19.2 Å². The van der Waals surface area contributed by atoms with E-state index in [-0.39, 0.29) is 36.4 Å². The number of nitrogens with one attached hydrogen (secondary N) is 1. The van der Waals surface area contributed by atoms with Crippen LogP contribution in [-0.4, -0.2) is 56.8 Å². The topological polar surface area (TPSA) is 95.5 Å². The molecule has 2 aromatic rings. The van der Waals surface area contributed by atoms with Gasteiger partial charge in [0.1, 0.15) is 0 Å². The number of likely N-dealkylation sites (tertiary alicyclic amines) is 1. The summed E-state index contributed by atoms with van der Waals surface area (Å²) in [6.45, 7) is 2.12. The van der Waals surface area contributed by atoms with Crippen LogP contribution in [0.2, 0.25) is 0 Å². The molecule has 0 aliphatic carbocycles. The van der Waals surface area contributed by atoms with Gasteiger partial charge in [-0.05, 0) is 43.2 Å². The van der Waals surface area contributed by atoms with Crippen LogP contribution in [0.15, 0.2) is 33.9 Å². The van der Waals surface area contributed by atoms with Gasteiger partial charge in [0.25, 0.3) is 5.56 Å². The Balaban J connectivity index is 1.29. The Morgan fingerprint density at radius 3 is 2.80 bits per heavy atom. The number of aromatic nitrogens is 2. The molecule has 3 fully saturated rings. The highest BCUT2D eigenvalue weighted by Gasteiger charge is 2.44. The van der Waals surface area contributed by atoms with Gasteiger partial charge in [0.15, 0.2) is 0 Å². The van der Waals surface area contributed by atoms with Crippen LogP contribution in [0.4, 0.5) is 0 Å². The highest BCUT2D eigenvalue weighted by atomic mass is 16.2. The van der Waals surface area contributed by atoms with Crippen LogP contribution < -0.4 is 11.2 Å². The van der Waals surface area contributed by atoms with Crippen molar-refractivity contribution >= 4 is 22.7 Å². The molecule has 1 aromatic heterocycles. The second-order valence-electron chi connectivity index (χ2n) is 8.85. The number of carbonyl (C=O) groups is 2. The summed E-state index contributed by atoms with van der Waals surface area (Å²) in [7, 11) is 0. The summed E-state index contributed by atoms with van der Waals surface area (Å²) in [5.74, 6) is 0.880. The molecule has 3 aliphatic rings. The average molecular weight is 410 g/mol. The van der Waals surface area contributed by atoms with Crippen molar-refractivity contribution in [2.75, 3.05) is 19.6 Å². The molecule has 0 spiro atoms. The van der Waals surface area contributed by atoms with Gasteiger partial charge in [-0.1, -0.05) is 12.1 Å². The summed E-state index contributed by atoms with van der Waals surface area (Å²) in [5.41, 5.74) is -0.349. The monoisotopic (exact) mass is 410 g/mol. The SMILES string of the molecule is O=C(CCn1c(=O)[nH]c2ccccc2c1=O)N1C[C@H]2C[C@@H](C1)[C@H]1CCCC(=O)N1C2. The second-order valence-corrected chi connectivity index (χ2v) is 8.85. The number of piperidine rings is 3. The fourth-order valence-electron chi connectivity index (χ4n) is 5.58. The molecule has 2 bridgehead atoms. The minimum absolute atomic E-state index is 0.0280. The lowest BCUT2D eigenvalue weighted by Crippen LogP contribution is -2.61. The van der Waals surface area contributed by atoms with Gasteiger partial charge in [0.2, 0.25) is 11.8 Å². The zero-order valence-electron chi connectivity index (χ0n) is 16.9. The summed E-state index contributed by atoms with van der Waals surface area (Å²) in [4.78, 5) is 56.9. The number of benzene rings is 1. The van der Waals surface area contributed by atoms with Crippen molar-refractivity contribution in [1.82, 2.24) is 19.4 Å². The van der Waals surface area contributed by atoms with Crippen LogP contribution in [0.5, 0.6) is 0 Å². The zero-order chi connectivity index (χ0) is 20.8. The van der Waals surface area contributed by atoms with Crippen LogP contribution in [0.25, 0.3) is 10.9 Å². The summed E-state index contributed by atoms with van der Waals surface area (Å²) in [6, 6.07) is 7.14. The first-order valence-electron chi connectivity index (χ1n) is 10.8. The van der Waals surface area contributed by atoms with Gasteiger partial charge in [-0.25, -0.2) is 4.79 Å². The molecule has 1 aromatic carbocycles. The Morgan fingerprint density at radius 1 is 1.10 bits per heavy atom. The molecular weight excluding hydrogens is 384 g/mol. The Kier molecular flexibility index (Phi) is 4.72. The highest BCUT2D eigenvalue weighted by Crippen LogP contribution is 2.38. The fraction of sp³-hybridized carbons (Fsp3) is 0.545. The van der Waals surface area contributed by atoms with E-state index in [4.69, 9.17) is 0 Å². The third kappa shape index (κ3) is 3.24. The Morgan fingerprint density at radius 2 is 1.93 bits per heavy atom. The van der Waals surface area contributed by atoms with Crippen molar-refractivity contribution < 1.29 is 9.59 Å². The van der Waals surface area contributed by atoms with Crippen LogP contribution >= 0.6 is 0 Å². The Hall–Kier alpha value is -2.90. The van der Waals surface area contributed by atoms with Gasteiger partial charge < -0.3 is 14.8 Å². The van der Waals surface area contributed by atoms with E-state index in [1.807, 2.05) is 4.90 Å². The number of hydrogen-bond acceptors (Lipinski definition) is 4. The number of H-pyrrole nitrogens is 1. The van der Waals surface area contributed by atoms with Gasteiger partial charge in [-0.2, -0.15) is 0 Å². The third-order valence-electron chi connectivity index (χ3n) is 6.97. The minimum atomic E-state index is -0.488. The molecule has 3 atom stereocenters. The molecule has 3 saturated heterocycles. The maximum atomic E-state index is 12.9. The largest absolute Gasteiger partial charge is 0.342 e. The first kappa shape index (κ1) is 19.1. The molecular formula is C22H26N4O4. The second kappa shape index (κ2) is 7.41. The van der Waals surface area contributed by atoms with Crippen molar-refractivity contribution in [2.24, 2.45) is 11.8 Å². The number of rotatable bonds is 3. The highest BCUT2D eigenvalue weighted by molar-refractivity contribution is 5.79. The molecule has 0 radical (unpaired) electrons. The standard InChI is InChI=1S/C22H26N4O4/c27-19(8-9-25-21(29)16-4-1-2-5-17(16)23-22(25)30)24-11-14-10-15(13-24)18-6-3-7-20(28)26(18)12-14/h1-2,4-5,14-15,18H,3,6-13H2,(H,23,30)/t14-,15+,18-/m1/s1. The molecule has 30 heavy (non-hydrogen) atoms. The number of nitrogens with zero attached hydrogens (tertiary/aromatic N) is 3. The lowest BCUT2D eigenvalue weighted by atomic mass is 9.76. The molecule has 158 valence electrons. The maximum Gasteiger partial charge on any atom is 0.328 e. The molecule has 0 unspecified atom stereocenters. The predicted molar refractivity (Wildman–Crippen MR) is 111 cm³/mol. The van der Waals surface area contributed by atoms with E-state index in [0.29, 0.717) is 42.2 Å². The maximum absolute atomic E-state index is 12.9. The number of fused-ring (bicyclic) bond motifs is 5. The molecule has 1 N–H and O–H groups in total. The third-order valence-corrected chi connectivity index (χ3v) is 6.97. The van der Waals surface area contributed by atoms with Crippen molar-refractivity contribution in [2.45, 2.75) is 44.7 Å². The lowest BCUT2D eigenvalue weighted by Gasteiger charge is -2.52. The smallest absolute Gasteiger partial charge is 0.328 e. The van der Waals surface area contributed by atoms with Gasteiger partial charge in [-0.15, -0.1) is 0 Å². The minimum Gasteiger partial charge on any atom is -0.342 e. The molecule has 8 nitrogen and oxygen atoms in total. The van der Waals surface area contributed by atoms with Crippen LogP contribution in [0.1, 0.15) is 32.1 Å². The predicted octanol–water partition coefficient (Wildman–Crippen LogP) is 0.939. The number of para-hydroxylation sites is 1. The number of carbonyl (C=O) groups excluding carboxylic acids is 2. The van der Waals surface area contributed by atoms with Crippen LogP contribution in [-0.2, 0) is 16.1 Å². The molecule has 3 aliphatic heterocycles. The Labute approximate surface area is 173 Å². The molecule has 5 rings (SSSR count). The van der Waals surface area contributed by atoms with Crippen molar-refractivity contribution in [3.8, 4) is 0 Å². The van der Waals surface area contributed by atoms with Gasteiger partial charge >= 0.3 is 5.69 Å². The van der Waals surface area contributed by atoms with Crippen LogP contribution in [0, 0.1) is 11.8 Å². The summed E-state index contributed by atoms with van der Waals surface area (Å²) in [6.07, 6.45) is 3.79. The van der Waals surface area contributed by atoms with E-state index in [0.717, 1.165) is 30.4 Å². The molecule has 4 heterocycles. The van der Waals surface area contributed by atoms with Crippen molar-refractivity contribution in [1.29, 1.82) is 0 Å². The normalized spacial score (nSPS) is 26.0. The van der Waals surface area contributed by atoms with Crippen molar-refractivity contribution in [3.63, 3.8) is 0 Å². The van der Waals surface area contributed by atoms with E-state index in [1.54, 1.807) is 24.3 Å². The van der Waals surface area contributed by atoms with E-state index in [1.165, 1.54) is 0 Å². The average Bonchev–Trinajstić information content (AvgIpc) is 2.74. The Bertz CT molecular complexity index is 1120. The van der Waals surface area contributed by atoms with E-state index in [2.05, 4.69) is 9.88 Å². The van der Waals surface area contributed by atoms with E-state index >= 15 is 0 Å². The fourth-order valence-corrected chi connectivity index (χ4v) is 5.58. The van der Waals surface area contributed by atoms with Gasteiger partial charge in [0.05, 0.1) is 10.9 Å². The molecule has 2 amide bonds. The first-order chi connectivity index (χ1) is 14.5. The number of hydrogen-bond donors (Lipinski definition) is 1. The summed E-state index contributed by atoms with van der Waals surface area (Å²) >= 11 is 0. The molecule has 8 heteroatoms. The zero-order valence-corrected chi connectivity index (χ0v) is 16.9.